The Hall–Kier alpha value is -1.42. The summed E-state index contributed by atoms with van der Waals surface area (Å²) in [5.74, 6) is 2.30. The summed E-state index contributed by atoms with van der Waals surface area (Å²) < 4.78 is 13.3. The van der Waals surface area contributed by atoms with E-state index in [9.17, 15) is 4.39 Å². The van der Waals surface area contributed by atoms with Gasteiger partial charge in [0.15, 0.2) is 0 Å². The van der Waals surface area contributed by atoms with E-state index in [-0.39, 0.29) is 11.7 Å². The van der Waals surface area contributed by atoms with Gasteiger partial charge in [0, 0.05) is 18.7 Å². The largest absolute Gasteiger partial charge is 0.384 e. The van der Waals surface area contributed by atoms with Crippen molar-refractivity contribution in [2.75, 3.05) is 13.6 Å². The average Bonchev–Trinajstić information content (AvgIpc) is 3.02. The fraction of sp³-hybridized carbons (Fsp3) is 0.588. The molecule has 2 aliphatic rings. The fourth-order valence-corrected chi connectivity index (χ4v) is 4.29. The molecular weight excluding hydrogens is 265 g/mol. The molecule has 1 aromatic carbocycles. The van der Waals surface area contributed by atoms with Gasteiger partial charge in [-0.1, -0.05) is 12.5 Å². The second kappa shape index (κ2) is 5.76. The van der Waals surface area contributed by atoms with Crippen LogP contribution in [0, 0.1) is 29.0 Å². The van der Waals surface area contributed by atoms with Crippen LogP contribution >= 0.6 is 0 Å². The normalized spacial score (nSPS) is 27.5. The van der Waals surface area contributed by atoms with Gasteiger partial charge in [-0.25, -0.2) is 4.39 Å². The highest BCUT2D eigenvalue weighted by molar-refractivity contribution is 5.96. The van der Waals surface area contributed by atoms with Crippen LogP contribution in [0.1, 0.15) is 36.8 Å². The van der Waals surface area contributed by atoms with Gasteiger partial charge in [0.1, 0.15) is 11.7 Å². The van der Waals surface area contributed by atoms with E-state index < -0.39 is 0 Å². The summed E-state index contributed by atoms with van der Waals surface area (Å²) in [7, 11) is 2.11. The van der Waals surface area contributed by atoms with Gasteiger partial charge < -0.3 is 10.6 Å². The summed E-state index contributed by atoms with van der Waals surface area (Å²) in [5.41, 5.74) is 7.03. The number of nitrogens with zero attached hydrogens (tertiary/aromatic N) is 1. The van der Waals surface area contributed by atoms with E-state index in [2.05, 4.69) is 11.9 Å². The van der Waals surface area contributed by atoms with Gasteiger partial charge in [0.2, 0.25) is 0 Å². The monoisotopic (exact) mass is 289 g/mol. The molecule has 0 radical (unpaired) electrons. The molecule has 4 heteroatoms. The molecule has 2 aliphatic carbocycles. The van der Waals surface area contributed by atoms with E-state index >= 15 is 0 Å². The molecule has 0 aliphatic heterocycles. The molecule has 2 saturated carbocycles. The molecule has 0 aromatic heterocycles. The van der Waals surface area contributed by atoms with Gasteiger partial charge in [0.05, 0.1) is 0 Å². The van der Waals surface area contributed by atoms with E-state index in [1.165, 1.54) is 37.8 Å². The van der Waals surface area contributed by atoms with Crippen molar-refractivity contribution in [3.63, 3.8) is 0 Å². The van der Waals surface area contributed by atoms with Gasteiger partial charge in [-0.3, -0.25) is 5.41 Å². The number of halogens is 1. The average molecular weight is 289 g/mol. The third-order valence-electron chi connectivity index (χ3n) is 5.23. The first kappa shape index (κ1) is 14.5. The number of nitrogens with one attached hydrogen (secondary N) is 1. The standard InChI is InChI=1S/C17H24FN3/c1-21(10-14-7-11-2-3-12(14)6-11)9-13-4-5-15(18)8-16(13)17(19)20/h4-5,8,11-12,14H,2-3,6-7,9-10H2,1H3,(H3,19,20). The highest BCUT2D eigenvalue weighted by atomic mass is 19.1. The second-order valence-corrected chi connectivity index (χ2v) is 6.85. The number of benzene rings is 1. The van der Waals surface area contributed by atoms with Crippen LogP contribution in [-0.4, -0.2) is 24.3 Å². The minimum atomic E-state index is -0.334. The maximum Gasteiger partial charge on any atom is 0.123 e. The SMILES string of the molecule is CN(Cc1ccc(F)cc1C(=N)N)CC1CC2CCC1C2. The first-order valence-corrected chi connectivity index (χ1v) is 7.84. The molecule has 114 valence electrons. The van der Waals surface area contributed by atoms with Crippen molar-refractivity contribution >= 4 is 5.84 Å². The number of hydrogen-bond acceptors (Lipinski definition) is 2. The summed E-state index contributed by atoms with van der Waals surface area (Å²) in [6.45, 7) is 1.82. The predicted octanol–water partition coefficient (Wildman–Crippen LogP) is 2.98. The number of hydrogen-bond donors (Lipinski definition) is 2. The topological polar surface area (TPSA) is 53.1 Å². The zero-order valence-electron chi connectivity index (χ0n) is 12.6. The summed E-state index contributed by atoms with van der Waals surface area (Å²) in [5, 5.41) is 7.60. The molecule has 21 heavy (non-hydrogen) atoms. The molecule has 0 saturated heterocycles. The Morgan fingerprint density at radius 3 is 2.81 bits per heavy atom. The molecule has 3 N–H and O–H groups in total. The molecule has 0 amide bonds. The molecule has 2 bridgehead atoms. The van der Waals surface area contributed by atoms with Crippen LogP contribution in [0.4, 0.5) is 4.39 Å². The predicted molar refractivity (Wildman–Crippen MR) is 82.7 cm³/mol. The molecule has 1 aromatic rings. The van der Waals surface area contributed by atoms with Crippen molar-refractivity contribution in [3.05, 3.63) is 35.1 Å². The number of nitrogens with two attached hydrogens (primary N) is 1. The maximum atomic E-state index is 13.3. The van der Waals surface area contributed by atoms with Crippen molar-refractivity contribution in [3.8, 4) is 0 Å². The number of amidine groups is 1. The van der Waals surface area contributed by atoms with Crippen LogP contribution in [0.5, 0.6) is 0 Å². The van der Waals surface area contributed by atoms with E-state index in [0.717, 1.165) is 36.4 Å². The van der Waals surface area contributed by atoms with Crippen LogP contribution in [0.3, 0.4) is 0 Å². The Morgan fingerprint density at radius 2 is 2.19 bits per heavy atom. The first-order chi connectivity index (χ1) is 10.0. The van der Waals surface area contributed by atoms with Crippen LogP contribution < -0.4 is 5.73 Å². The van der Waals surface area contributed by atoms with Crippen LogP contribution in [-0.2, 0) is 6.54 Å². The Bertz CT molecular complexity index is 543. The van der Waals surface area contributed by atoms with Gasteiger partial charge in [-0.15, -0.1) is 0 Å². The molecule has 3 atom stereocenters. The maximum absolute atomic E-state index is 13.3. The lowest BCUT2D eigenvalue weighted by molar-refractivity contribution is 0.214. The van der Waals surface area contributed by atoms with E-state index in [1.807, 2.05) is 0 Å². The van der Waals surface area contributed by atoms with Crippen molar-refractivity contribution in [1.82, 2.24) is 4.90 Å². The van der Waals surface area contributed by atoms with Crippen LogP contribution in [0.25, 0.3) is 0 Å². The smallest absolute Gasteiger partial charge is 0.123 e. The van der Waals surface area contributed by atoms with Crippen molar-refractivity contribution in [2.24, 2.45) is 23.5 Å². The zero-order valence-corrected chi connectivity index (χ0v) is 12.6. The summed E-state index contributed by atoms with van der Waals surface area (Å²) >= 11 is 0. The molecular formula is C17H24FN3. The number of fused-ring (bicyclic) bond motifs is 2. The van der Waals surface area contributed by atoms with Gasteiger partial charge in [-0.2, -0.15) is 0 Å². The van der Waals surface area contributed by atoms with E-state index in [1.54, 1.807) is 6.07 Å². The Balaban J connectivity index is 1.64. The highest BCUT2D eigenvalue weighted by Crippen LogP contribution is 2.48. The Labute approximate surface area is 125 Å². The number of nitrogen functional groups attached to an aromatic ring is 1. The Kier molecular flexibility index (Phi) is 3.98. The third-order valence-corrected chi connectivity index (χ3v) is 5.23. The van der Waals surface area contributed by atoms with Crippen molar-refractivity contribution in [2.45, 2.75) is 32.2 Å². The molecule has 0 spiro atoms. The molecule has 2 fully saturated rings. The molecule has 3 unspecified atom stereocenters. The fourth-order valence-electron chi connectivity index (χ4n) is 4.29. The highest BCUT2D eigenvalue weighted by Gasteiger charge is 2.39. The van der Waals surface area contributed by atoms with Gasteiger partial charge >= 0.3 is 0 Å². The lowest BCUT2D eigenvalue weighted by Crippen LogP contribution is -2.29. The lowest BCUT2D eigenvalue weighted by atomic mass is 9.88. The van der Waals surface area contributed by atoms with E-state index in [0.29, 0.717) is 5.56 Å². The summed E-state index contributed by atoms with van der Waals surface area (Å²) in [6.07, 6.45) is 5.63. The lowest BCUT2D eigenvalue weighted by Gasteiger charge is -2.27. The minimum Gasteiger partial charge on any atom is -0.384 e. The summed E-state index contributed by atoms with van der Waals surface area (Å²) in [4.78, 5) is 2.30. The number of rotatable bonds is 5. The van der Waals surface area contributed by atoms with E-state index in [4.69, 9.17) is 11.1 Å². The first-order valence-electron chi connectivity index (χ1n) is 7.84. The van der Waals surface area contributed by atoms with Gasteiger partial charge in [0.25, 0.3) is 0 Å². The quantitative estimate of drug-likeness (QED) is 0.647. The molecule has 3 nitrogen and oxygen atoms in total. The third kappa shape index (κ3) is 3.10. The molecule has 3 rings (SSSR count). The zero-order chi connectivity index (χ0) is 15.0. The van der Waals surface area contributed by atoms with Crippen molar-refractivity contribution in [1.29, 1.82) is 5.41 Å². The minimum absolute atomic E-state index is 0.0576. The Morgan fingerprint density at radius 1 is 1.38 bits per heavy atom. The van der Waals surface area contributed by atoms with Crippen molar-refractivity contribution < 1.29 is 4.39 Å². The summed E-state index contributed by atoms with van der Waals surface area (Å²) in [6, 6.07) is 4.57. The second-order valence-electron chi connectivity index (χ2n) is 6.85. The van der Waals surface area contributed by atoms with Gasteiger partial charge in [-0.05, 0) is 61.8 Å². The molecule has 0 heterocycles. The van der Waals surface area contributed by atoms with Crippen LogP contribution in [0.2, 0.25) is 0 Å². The van der Waals surface area contributed by atoms with Crippen LogP contribution in [0.15, 0.2) is 18.2 Å².